The molecule has 0 aromatic heterocycles. The van der Waals surface area contributed by atoms with Crippen LogP contribution < -0.4 is 20.7 Å². The zero-order valence-corrected chi connectivity index (χ0v) is 24.4. The lowest BCUT2D eigenvalue weighted by molar-refractivity contribution is -0.138. The molecule has 0 radical (unpaired) electrons. The van der Waals surface area contributed by atoms with Gasteiger partial charge in [0.05, 0.1) is 12.1 Å². The summed E-state index contributed by atoms with van der Waals surface area (Å²) in [7, 11) is 3.64. The van der Waals surface area contributed by atoms with Crippen LogP contribution in [0, 0.1) is 11.8 Å². The largest absolute Gasteiger partial charge is 0.487 e. The first-order valence-corrected chi connectivity index (χ1v) is 14.0. The van der Waals surface area contributed by atoms with Crippen LogP contribution in [0.2, 0.25) is 0 Å². The lowest BCUT2D eigenvalue weighted by Gasteiger charge is -2.34. The van der Waals surface area contributed by atoms with Crippen molar-refractivity contribution in [1.29, 1.82) is 0 Å². The molecule has 40 heavy (non-hydrogen) atoms. The maximum Gasteiger partial charge on any atom is 0.247 e. The van der Waals surface area contributed by atoms with Crippen LogP contribution in [0.25, 0.3) is 0 Å². The van der Waals surface area contributed by atoms with E-state index in [4.69, 9.17) is 4.74 Å². The summed E-state index contributed by atoms with van der Waals surface area (Å²) >= 11 is 0. The molecule has 218 valence electrons. The van der Waals surface area contributed by atoms with Gasteiger partial charge in [0, 0.05) is 6.54 Å². The van der Waals surface area contributed by atoms with Crippen LogP contribution in [0.15, 0.2) is 54.6 Å². The van der Waals surface area contributed by atoms with E-state index in [2.05, 4.69) is 16.0 Å². The molecule has 9 heteroatoms. The molecule has 3 amide bonds. The number of hydrogen-bond donors (Lipinski definition) is 4. The van der Waals surface area contributed by atoms with Gasteiger partial charge in [-0.25, -0.2) is 0 Å². The molecule has 2 aromatic rings. The Morgan fingerprint density at radius 1 is 1.02 bits per heavy atom. The van der Waals surface area contributed by atoms with E-state index in [1.165, 1.54) is 0 Å². The first kappa shape index (κ1) is 31.1. The van der Waals surface area contributed by atoms with Gasteiger partial charge in [-0.3, -0.25) is 19.3 Å². The Labute approximate surface area is 237 Å². The van der Waals surface area contributed by atoms with Crippen LogP contribution in [0.5, 0.6) is 5.75 Å². The number of amides is 3. The van der Waals surface area contributed by atoms with Crippen LogP contribution in [-0.4, -0.2) is 78.7 Å². The highest BCUT2D eigenvalue weighted by molar-refractivity contribution is 5.94. The third-order valence-electron chi connectivity index (χ3n) is 7.28. The molecule has 4 N–H and O–H groups in total. The predicted molar refractivity (Wildman–Crippen MR) is 155 cm³/mol. The highest BCUT2D eigenvalue weighted by Crippen LogP contribution is 2.21. The maximum absolute atomic E-state index is 13.9. The minimum atomic E-state index is -1.20. The van der Waals surface area contributed by atoms with Gasteiger partial charge in [-0.1, -0.05) is 70.2 Å². The van der Waals surface area contributed by atoms with E-state index in [-0.39, 0.29) is 17.7 Å². The van der Waals surface area contributed by atoms with Gasteiger partial charge >= 0.3 is 0 Å². The molecule has 0 spiro atoms. The van der Waals surface area contributed by atoms with Gasteiger partial charge in [0.25, 0.3) is 0 Å². The number of rotatable bonds is 8. The van der Waals surface area contributed by atoms with E-state index in [1.807, 2.05) is 87.4 Å². The van der Waals surface area contributed by atoms with E-state index in [0.29, 0.717) is 25.1 Å². The summed E-state index contributed by atoms with van der Waals surface area (Å²) in [6.45, 7) is 7.72. The Kier molecular flexibility index (Phi) is 11.1. The number of aliphatic hydroxyl groups excluding tert-OH is 1. The van der Waals surface area contributed by atoms with E-state index >= 15 is 0 Å². The van der Waals surface area contributed by atoms with Crippen molar-refractivity contribution >= 4 is 17.7 Å². The second-order valence-corrected chi connectivity index (χ2v) is 11.4. The summed E-state index contributed by atoms with van der Waals surface area (Å²) < 4.78 is 6.33. The topological polar surface area (TPSA) is 120 Å². The number of ether oxygens (including phenoxy) is 1. The molecule has 0 saturated carbocycles. The Morgan fingerprint density at radius 3 is 2.25 bits per heavy atom. The third kappa shape index (κ3) is 8.29. The fraction of sp³-hybridized carbons (Fsp3) is 0.516. The van der Waals surface area contributed by atoms with Crippen molar-refractivity contribution in [3.63, 3.8) is 0 Å². The average molecular weight is 553 g/mol. The standard InChI is InChI=1S/C31H44N4O5/c1-19(2)27(36)25-30(38)32-17-16-21-12-14-23(15-13-21)40-28(20(3)4)26(31(39)33-25)34-29(37)24(35(5)6)18-22-10-8-7-9-11-22/h7-15,19-20,24-28,36H,16-18H2,1-6H3,(H,32,38)(H,33,39)(H,34,37)/t24-,25-,26-,27-,28-/m0/s1. The van der Waals surface area contributed by atoms with E-state index < -0.39 is 42.1 Å². The fourth-order valence-corrected chi connectivity index (χ4v) is 4.75. The van der Waals surface area contributed by atoms with Crippen LogP contribution in [0.1, 0.15) is 38.8 Å². The second-order valence-electron chi connectivity index (χ2n) is 11.4. The first-order chi connectivity index (χ1) is 19.0. The lowest BCUT2D eigenvalue weighted by Crippen LogP contribution is -2.64. The summed E-state index contributed by atoms with van der Waals surface area (Å²) in [5, 5.41) is 19.4. The van der Waals surface area contributed by atoms with Gasteiger partial charge in [0.2, 0.25) is 17.7 Å². The molecule has 2 aliphatic heterocycles. The van der Waals surface area contributed by atoms with Crippen LogP contribution in [0.4, 0.5) is 0 Å². The van der Waals surface area contributed by atoms with E-state index in [1.54, 1.807) is 13.8 Å². The molecular weight excluding hydrogens is 508 g/mol. The van der Waals surface area contributed by atoms with Gasteiger partial charge in [-0.05, 0) is 62.0 Å². The normalized spacial score (nSPS) is 21.8. The molecule has 0 fully saturated rings. The number of carbonyl (C=O) groups excluding carboxylic acids is 3. The second kappa shape index (κ2) is 14.3. The van der Waals surface area contributed by atoms with E-state index in [9.17, 15) is 19.5 Å². The van der Waals surface area contributed by atoms with Crippen molar-refractivity contribution in [2.75, 3.05) is 20.6 Å². The average Bonchev–Trinajstić information content (AvgIpc) is 2.92. The molecule has 0 saturated heterocycles. The molecule has 4 rings (SSSR count). The van der Waals surface area contributed by atoms with Gasteiger partial charge in [-0.15, -0.1) is 0 Å². The molecule has 0 aliphatic carbocycles. The number of fused-ring (bicyclic) bond motifs is 11. The molecule has 0 unspecified atom stereocenters. The SMILES string of the molecule is CC(C)[C@H](O)[C@@H]1NC(=O)[C@@H](NC(=O)[C@H](Cc2ccccc2)N(C)C)[C@H](C(C)C)Oc2ccc(cc2)CCNC1=O. The quantitative estimate of drug-likeness (QED) is 0.397. The van der Waals surface area contributed by atoms with Crippen molar-refractivity contribution in [3.05, 3.63) is 65.7 Å². The molecule has 2 aromatic carbocycles. The van der Waals surface area contributed by atoms with Crippen molar-refractivity contribution in [1.82, 2.24) is 20.9 Å². The van der Waals surface area contributed by atoms with E-state index in [0.717, 1.165) is 11.1 Å². The fourth-order valence-electron chi connectivity index (χ4n) is 4.75. The molecule has 2 heterocycles. The van der Waals surface area contributed by atoms with Crippen molar-refractivity contribution in [2.24, 2.45) is 11.8 Å². The molecular formula is C31H44N4O5. The third-order valence-corrected chi connectivity index (χ3v) is 7.28. The number of hydrogen-bond acceptors (Lipinski definition) is 6. The summed E-state index contributed by atoms with van der Waals surface area (Å²) in [5.41, 5.74) is 2.00. The highest BCUT2D eigenvalue weighted by Gasteiger charge is 2.39. The van der Waals surface area contributed by atoms with Crippen molar-refractivity contribution < 1.29 is 24.2 Å². The summed E-state index contributed by atoms with van der Waals surface area (Å²) in [6.07, 6.45) is -0.848. The summed E-state index contributed by atoms with van der Waals surface area (Å²) in [6, 6.07) is 14.3. The number of benzene rings is 2. The van der Waals surface area contributed by atoms with Crippen LogP contribution in [-0.2, 0) is 27.2 Å². The molecule has 2 bridgehead atoms. The smallest absolute Gasteiger partial charge is 0.247 e. The number of aliphatic hydroxyl groups is 1. The zero-order chi connectivity index (χ0) is 29.4. The predicted octanol–water partition coefficient (Wildman–Crippen LogP) is 1.92. The number of carbonyl (C=O) groups is 3. The van der Waals surface area contributed by atoms with Crippen molar-refractivity contribution in [3.8, 4) is 5.75 Å². The summed E-state index contributed by atoms with van der Waals surface area (Å²) in [4.78, 5) is 42.6. The van der Waals surface area contributed by atoms with Crippen molar-refractivity contribution in [2.45, 2.75) is 70.9 Å². The van der Waals surface area contributed by atoms with Crippen LogP contribution in [0.3, 0.4) is 0 Å². The van der Waals surface area contributed by atoms with Gasteiger partial charge in [0.1, 0.15) is 23.9 Å². The minimum Gasteiger partial charge on any atom is -0.487 e. The van der Waals surface area contributed by atoms with Gasteiger partial charge in [-0.2, -0.15) is 0 Å². The Hall–Kier alpha value is -3.43. The number of likely N-dealkylation sites (N-methyl/N-ethyl adjacent to an activating group) is 1. The first-order valence-electron chi connectivity index (χ1n) is 14.0. The lowest BCUT2D eigenvalue weighted by atomic mass is 9.95. The Bertz CT molecular complexity index is 1120. The molecule has 2 aliphatic rings. The maximum atomic E-state index is 13.9. The van der Waals surface area contributed by atoms with Crippen LogP contribution >= 0.6 is 0 Å². The molecule has 9 nitrogen and oxygen atoms in total. The summed E-state index contributed by atoms with van der Waals surface area (Å²) in [5.74, 6) is -1.33. The number of nitrogens with zero attached hydrogens (tertiary/aromatic N) is 1. The Balaban J connectivity index is 2.00. The monoisotopic (exact) mass is 552 g/mol. The highest BCUT2D eigenvalue weighted by atomic mass is 16.5. The van der Waals surface area contributed by atoms with Gasteiger partial charge in [0.15, 0.2) is 0 Å². The Morgan fingerprint density at radius 2 is 1.68 bits per heavy atom. The number of nitrogens with one attached hydrogen (secondary N) is 3. The van der Waals surface area contributed by atoms with Gasteiger partial charge < -0.3 is 25.8 Å². The molecule has 5 atom stereocenters. The zero-order valence-electron chi connectivity index (χ0n) is 24.4. The minimum absolute atomic E-state index is 0.183.